The number of nitrogens with one attached hydrogen (secondary N) is 1. The SMILES string of the molecule is CCCCC[C@@H]1O[C@H]2OC(=N)[C@@](C#N)([C@H]2CCCC)C1(C#N)C#N. The van der Waals surface area contributed by atoms with Crippen LogP contribution in [0.2, 0.25) is 0 Å². The Balaban J connectivity index is 2.48. The van der Waals surface area contributed by atoms with E-state index in [-0.39, 0.29) is 5.90 Å². The van der Waals surface area contributed by atoms with Gasteiger partial charge >= 0.3 is 0 Å². The summed E-state index contributed by atoms with van der Waals surface area (Å²) in [5.41, 5.74) is -3.23. The third-order valence-electron chi connectivity index (χ3n) is 5.35. The van der Waals surface area contributed by atoms with Gasteiger partial charge in [0.05, 0.1) is 30.2 Å². The maximum absolute atomic E-state index is 9.97. The summed E-state index contributed by atoms with van der Waals surface area (Å²) in [5, 5.41) is 38.0. The van der Waals surface area contributed by atoms with Crippen LogP contribution in [0.1, 0.15) is 58.8 Å². The van der Waals surface area contributed by atoms with E-state index < -0.39 is 29.1 Å². The molecule has 0 amide bonds. The molecular weight excluding hydrogens is 304 g/mol. The molecule has 6 heteroatoms. The smallest absolute Gasteiger partial charge is 0.207 e. The van der Waals surface area contributed by atoms with E-state index >= 15 is 0 Å². The zero-order chi connectivity index (χ0) is 17.8. The first-order valence-corrected chi connectivity index (χ1v) is 8.72. The Morgan fingerprint density at radius 3 is 2.21 bits per heavy atom. The van der Waals surface area contributed by atoms with Gasteiger partial charge in [0.15, 0.2) is 10.8 Å². The average Bonchev–Trinajstić information content (AvgIpc) is 2.81. The standard InChI is InChI=1S/C18H24N4O2/c1-3-5-7-9-14-17(10-19,11-20)18(12-21)13(8-6-4-2)15(23-14)24-16(18)22/h13-15,22H,3-9H2,1-2H3/t13-,14-,15-,18+/m0/s1. The monoisotopic (exact) mass is 328 g/mol. The Labute approximate surface area is 143 Å². The summed E-state index contributed by atoms with van der Waals surface area (Å²) in [6, 6.07) is 6.30. The minimum Gasteiger partial charge on any atom is -0.450 e. The molecule has 2 heterocycles. The zero-order valence-corrected chi connectivity index (χ0v) is 14.3. The van der Waals surface area contributed by atoms with Gasteiger partial charge in [-0.1, -0.05) is 46.0 Å². The Hall–Kier alpha value is -2.10. The molecule has 24 heavy (non-hydrogen) atoms. The van der Waals surface area contributed by atoms with E-state index in [1.165, 1.54) is 0 Å². The van der Waals surface area contributed by atoms with Gasteiger partial charge in [-0.05, 0) is 12.8 Å². The largest absolute Gasteiger partial charge is 0.450 e. The predicted octanol–water partition coefficient (Wildman–Crippen LogP) is 3.65. The lowest BCUT2D eigenvalue weighted by atomic mass is 9.54. The summed E-state index contributed by atoms with van der Waals surface area (Å²) < 4.78 is 11.5. The van der Waals surface area contributed by atoms with Crippen LogP contribution in [0.3, 0.4) is 0 Å². The molecule has 0 saturated carbocycles. The highest BCUT2D eigenvalue weighted by atomic mass is 16.7. The van der Waals surface area contributed by atoms with Crippen molar-refractivity contribution < 1.29 is 9.47 Å². The van der Waals surface area contributed by atoms with Crippen LogP contribution in [-0.4, -0.2) is 18.3 Å². The first-order chi connectivity index (χ1) is 11.6. The van der Waals surface area contributed by atoms with Crippen molar-refractivity contribution >= 4 is 5.90 Å². The molecular formula is C18H24N4O2. The molecule has 2 aliphatic rings. The van der Waals surface area contributed by atoms with Crippen LogP contribution < -0.4 is 0 Å². The predicted molar refractivity (Wildman–Crippen MR) is 86.3 cm³/mol. The number of ether oxygens (including phenoxy) is 2. The second-order valence-corrected chi connectivity index (χ2v) is 6.64. The number of nitriles is 3. The lowest BCUT2D eigenvalue weighted by molar-refractivity contribution is -0.203. The Morgan fingerprint density at radius 1 is 1.00 bits per heavy atom. The fourth-order valence-electron chi connectivity index (χ4n) is 3.98. The lowest BCUT2D eigenvalue weighted by Crippen LogP contribution is -2.58. The van der Waals surface area contributed by atoms with Crippen molar-refractivity contribution in [1.29, 1.82) is 21.2 Å². The molecule has 0 unspecified atom stereocenters. The number of rotatable bonds is 7. The summed E-state index contributed by atoms with van der Waals surface area (Å²) >= 11 is 0. The molecule has 128 valence electrons. The normalized spacial score (nSPS) is 33.1. The Kier molecular flexibility index (Phi) is 5.47. The summed E-state index contributed by atoms with van der Waals surface area (Å²) in [5.74, 6) is -0.728. The number of hydrogen-bond acceptors (Lipinski definition) is 6. The summed E-state index contributed by atoms with van der Waals surface area (Å²) in [6.07, 6.45) is 4.26. The van der Waals surface area contributed by atoms with Gasteiger partial charge in [0.1, 0.15) is 0 Å². The summed E-state index contributed by atoms with van der Waals surface area (Å²) in [4.78, 5) is 0. The van der Waals surface area contributed by atoms with E-state index in [1.807, 2.05) is 6.92 Å². The van der Waals surface area contributed by atoms with Crippen LogP contribution in [-0.2, 0) is 9.47 Å². The first-order valence-electron chi connectivity index (χ1n) is 8.72. The van der Waals surface area contributed by atoms with Crippen LogP contribution in [0.25, 0.3) is 0 Å². The topological polar surface area (TPSA) is 114 Å². The highest BCUT2D eigenvalue weighted by molar-refractivity contribution is 5.88. The second-order valence-electron chi connectivity index (χ2n) is 6.64. The number of fused-ring (bicyclic) bond motifs is 2. The lowest BCUT2D eigenvalue weighted by Gasteiger charge is -2.45. The van der Waals surface area contributed by atoms with Gasteiger partial charge in [0.25, 0.3) is 0 Å². The van der Waals surface area contributed by atoms with Crippen LogP contribution in [0.15, 0.2) is 0 Å². The number of hydrogen-bond donors (Lipinski definition) is 1. The maximum atomic E-state index is 9.97. The fourth-order valence-corrected chi connectivity index (χ4v) is 3.98. The van der Waals surface area contributed by atoms with Crippen LogP contribution >= 0.6 is 0 Å². The third kappa shape index (κ3) is 2.36. The van der Waals surface area contributed by atoms with Crippen molar-refractivity contribution in [2.75, 3.05) is 0 Å². The molecule has 0 aromatic carbocycles. The molecule has 0 spiro atoms. The van der Waals surface area contributed by atoms with Gasteiger partial charge in [0, 0.05) is 0 Å². The van der Waals surface area contributed by atoms with E-state index in [1.54, 1.807) is 0 Å². The van der Waals surface area contributed by atoms with Gasteiger partial charge in [-0.3, -0.25) is 5.41 Å². The van der Waals surface area contributed by atoms with Crippen molar-refractivity contribution in [3.05, 3.63) is 0 Å². The molecule has 0 aromatic heterocycles. The molecule has 0 aromatic rings. The molecule has 6 nitrogen and oxygen atoms in total. The summed E-state index contributed by atoms with van der Waals surface area (Å²) in [7, 11) is 0. The van der Waals surface area contributed by atoms with E-state index in [4.69, 9.17) is 14.9 Å². The van der Waals surface area contributed by atoms with Crippen LogP contribution in [0.4, 0.5) is 0 Å². The molecule has 2 aliphatic heterocycles. The summed E-state index contributed by atoms with van der Waals surface area (Å²) in [6.45, 7) is 4.11. The van der Waals surface area contributed by atoms with Crippen molar-refractivity contribution in [2.24, 2.45) is 16.7 Å². The van der Waals surface area contributed by atoms with Crippen LogP contribution in [0, 0.1) is 56.2 Å². The van der Waals surface area contributed by atoms with Crippen molar-refractivity contribution in [1.82, 2.24) is 0 Å². The van der Waals surface area contributed by atoms with Crippen LogP contribution in [0.5, 0.6) is 0 Å². The first kappa shape index (κ1) is 18.2. The fraction of sp³-hybridized carbons (Fsp3) is 0.778. The molecule has 2 fully saturated rings. The Bertz CT molecular complexity index is 598. The molecule has 2 rings (SSSR count). The van der Waals surface area contributed by atoms with Crippen molar-refractivity contribution in [2.45, 2.75) is 71.2 Å². The van der Waals surface area contributed by atoms with Gasteiger partial charge < -0.3 is 9.47 Å². The van der Waals surface area contributed by atoms with E-state index in [2.05, 4.69) is 25.1 Å². The highest BCUT2D eigenvalue weighted by Gasteiger charge is 2.74. The Morgan fingerprint density at radius 2 is 1.67 bits per heavy atom. The molecule has 0 radical (unpaired) electrons. The molecule has 2 saturated heterocycles. The zero-order valence-electron chi connectivity index (χ0n) is 14.3. The molecule has 1 N–H and O–H groups in total. The maximum Gasteiger partial charge on any atom is 0.207 e. The number of unbranched alkanes of at least 4 members (excludes halogenated alkanes) is 3. The molecule has 4 atom stereocenters. The average molecular weight is 328 g/mol. The van der Waals surface area contributed by atoms with Gasteiger partial charge in [-0.15, -0.1) is 0 Å². The highest BCUT2D eigenvalue weighted by Crippen LogP contribution is 2.60. The quantitative estimate of drug-likeness (QED) is 0.716. The van der Waals surface area contributed by atoms with Crippen molar-refractivity contribution in [3.8, 4) is 18.2 Å². The van der Waals surface area contributed by atoms with Crippen molar-refractivity contribution in [3.63, 3.8) is 0 Å². The number of nitrogens with zero attached hydrogens (tertiary/aromatic N) is 3. The third-order valence-corrected chi connectivity index (χ3v) is 5.35. The second kappa shape index (κ2) is 7.20. The van der Waals surface area contributed by atoms with E-state index in [0.29, 0.717) is 12.8 Å². The van der Waals surface area contributed by atoms with Gasteiger partial charge in [-0.2, -0.15) is 15.8 Å². The molecule has 0 aliphatic carbocycles. The van der Waals surface area contributed by atoms with Gasteiger partial charge in [-0.25, -0.2) is 0 Å². The van der Waals surface area contributed by atoms with E-state index in [9.17, 15) is 15.8 Å². The molecule has 2 bridgehead atoms. The van der Waals surface area contributed by atoms with Gasteiger partial charge in [0.2, 0.25) is 12.2 Å². The van der Waals surface area contributed by atoms with E-state index in [0.717, 1.165) is 32.1 Å². The minimum atomic E-state index is -1.70. The minimum absolute atomic E-state index is 0.280.